The molecule has 0 fully saturated rings. The first-order chi connectivity index (χ1) is 26.7. The first-order valence-corrected chi connectivity index (χ1v) is 20.9. The number of ether oxygens (including phenoxy) is 7. The van der Waals surface area contributed by atoms with Gasteiger partial charge in [-0.15, -0.1) is 11.3 Å². The van der Waals surface area contributed by atoms with Crippen LogP contribution < -0.4 is 15.8 Å². The second-order valence-electron chi connectivity index (χ2n) is 14.5. The Morgan fingerprint density at radius 2 is 1.38 bits per heavy atom. The van der Waals surface area contributed by atoms with E-state index in [1.807, 2.05) is 18.2 Å². The van der Waals surface area contributed by atoms with Crippen LogP contribution in [-0.4, -0.2) is 137 Å². The van der Waals surface area contributed by atoms with Gasteiger partial charge in [0.15, 0.2) is 9.84 Å². The number of nitrogens with two attached hydrogens (primary N) is 1. The third-order valence-corrected chi connectivity index (χ3v) is 11.2. The lowest BCUT2D eigenvalue weighted by atomic mass is 10.2. The van der Waals surface area contributed by atoms with E-state index in [1.54, 1.807) is 70.5 Å². The Kier molecular flexibility index (Phi) is 17.4. The topological polar surface area (TPSA) is 196 Å². The number of aromatic nitrogens is 3. The Labute approximate surface area is 333 Å². The minimum absolute atomic E-state index is 0.0136. The summed E-state index contributed by atoms with van der Waals surface area (Å²) < 4.78 is 67.1. The van der Waals surface area contributed by atoms with Crippen LogP contribution in [0.2, 0.25) is 0 Å². The highest BCUT2D eigenvalue weighted by molar-refractivity contribution is 7.92. The number of carbonyl (C=O) groups excluding carboxylic acids is 1. The molecule has 0 aliphatic carbocycles. The van der Waals surface area contributed by atoms with Crippen molar-refractivity contribution in [3.8, 4) is 5.75 Å². The van der Waals surface area contributed by atoms with Crippen LogP contribution in [0.25, 0.3) is 21.1 Å². The fourth-order valence-corrected chi connectivity index (χ4v) is 6.99. The molecule has 4 rings (SSSR count). The fraction of sp³-hybridized carbons (Fsp3) is 0.579. The summed E-state index contributed by atoms with van der Waals surface area (Å²) in [7, 11) is -3.91. The van der Waals surface area contributed by atoms with Gasteiger partial charge in [0.05, 0.1) is 98.6 Å². The molecule has 0 unspecified atom stereocenters. The summed E-state index contributed by atoms with van der Waals surface area (Å²) in [5, 5.41) is 3.79. The van der Waals surface area contributed by atoms with Gasteiger partial charge in [0, 0.05) is 30.2 Å². The van der Waals surface area contributed by atoms with Crippen molar-refractivity contribution in [3.63, 3.8) is 0 Å². The second-order valence-corrected chi connectivity index (χ2v) is 18.0. The van der Waals surface area contributed by atoms with Gasteiger partial charge in [0.1, 0.15) is 35.0 Å². The fourth-order valence-electron chi connectivity index (χ4n) is 5.02. The minimum atomic E-state index is -3.91. The van der Waals surface area contributed by atoms with E-state index in [9.17, 15) is 13.2 Å². The van der Waals surface area contributed by atoms with E-state index < -0.39 is 26.3 Å². The molecule has 2 heterocycles. The summed E-state index contributed by atoms with van der Waals surface area (Å²) in [6, 6.07) is 8.91. The monoisotopic (exact) mass is 820 g/mol. The number of hydrogen-bond donors (Lipinski definition) is 2. The average Bonchev–Trinajstić information content (AvgIpc) is 3.60. The number of hydrogen-bond acceptors (Lipinski definition) is 16. The maximum Gasteiger partial charge on any atom is 0.410 e. The highest BCUT2D eigenvalue weighted by Gasteiger charge is 2.34. The first kappa shape index (κ1) is 45.0. The van der Waals surface area contributed by atoms with E-state index >= 15 is 0 Å². The number of nitrogens with one attached hydrogen (secondary N) is 1. The van der Waals surface area contributed by atoms with Crippen molar-refractivity contribution >= 4 is 59.9 Å². The zero-order valence-corrected chi connectivity index (χ0v) is 34.8. The summed E-state index contributed by atoms with van der Waals surface area (Å²) in [6.45, 7) is 15.1. The molecular weight excluding hydrogens is 765 g/mol. The largest absolute Gasteiger partial charge is 0.490 e. The Morgan fingerprint density at radius 1 is 0.768 bits per heavy atom. The molecule has 2 aromatic heterocycles. The van der Waals surface area contributed by atoms with E-state index in [0.29, 0.717) is 82.7 Å². The number of amides is 1. The average molecular weight is 821 g/mol. The number of sulfone groups is 1. The van der Waals surface area contributed by atoms with Gasteiger partial charge >= 0.3 is 6.09 Å². The first-order valence-electron chi connectivity index (χ1n) is 18.5. The van der Waals surface area contributed by atoms with E-state index in [4.69, 9.17) is 38.9 Å². The van der Waals surface area contributed by atoms with Crippen LogP contribution in [0.5, 0.6) is 5.75 Å². The molecule has 0 saturated carbocycles. The van der Waals surface area contributed by atoms with Crippen molar-refractivity contribution in [2.45, 2.75) is 56.8 Å². The molecule has 0 saturated heterocycles. The van der Waals surface area contributed by atoms with Gasteiger partial charge in [0.25, 0.3) is 0 Å². The van der Waals surface area contributed by atoms with Gasteiger partial charge in [-0.05, 0) is 65.8 Å². The van der Waals surface area contributed by atoms with Crippen LogP contribution in [0.1, 0.15) is 41.5 Å². The van der Waals surface area contributed by atoms with E-state index in [0.717, 1.165) is 15.9 Å². The summed E-state index contributed by atoms with van der Waals surface area (Å²) in [4.78, 5) is 27.9. The molecule has 0 aliphatic rings. The molecule has 56 heavy (non-hydrogen) atoms. The zero-order chi connectivity index (χ0) is 40.6. The summed E-state index contributed by atoms with van der Waals surface area (Å²) in [5.74, 6) is 0.543. The molecule has 18 heteroatoms. The van der Waals surface area contributed by atoms with Gasteiger partial charge in [-0.3, -0.25) is 0 Å². The molecule has 0 atom stereocenters. The predicted molar refractivity (Wildman–Crippen MR) is 216 cm³/mol. The maximum absolute atomic E-state index is 14.0. The Bertz CT molecular complexity index is 1930. The van der Waals surface area contributed by atoms with Crippen molar-refractivity contribution < 1.29 is 46.4 Å². The van der Waals surface area contributed by atoms with Crippen molar-refractivity contribution in [3.05, 3.63) is 42.2 Å². The third-order valence-electron chi connectivity index (χ3n) is 7.92. The van der Waals surface area contributed by atoms with Crippen molar-refractivity contribution in [1.29, 1.82) is 0 Å². The molecule has 310 valence electrons. The molecular formula is C38H56N6O10S2. The molecule has 0 aliphatic heterocycles. The summed E-state index contributed by atoms with van der Waals surface area (Å²) in [5.41, 5.74) is 8.46. The molecule has 3 N–H and O–H groups in total. The lowest BCUT2D eigenvalue weighted by Gasteiger charge is -2.28. The standard InChI is InChI=1S/C38H56N6O10S2/c1-37(2,3)54-36(45)44(10-13-49-16-18-51-20-22-52-21-19-50-17-15-48-12-9-39)11-14-53-32-25-30-29(24-34(32)56(46,47)38(4,5)6)35(41-26-40-30)43-28-7-8-33-31(23-28)42-27-55-33/h7-8,23-27H,9-22,39H2,1-6H3,(H,40,41,43). The Balaban J connectivity index is 1.34. The smallest absolute Gasteiger partial charge is 0.410 e. The van der Waals surface area contributed by atoms with Crippen molar-refractivity contribution in [1.82, 2.24) is 19.9 Å². The van der Waals surface area contributed by atoms with Crippen LogP contribution in [0, 0.1) is 0 Å². The Morgan fingerprint density at radius 3 is 1.98 bits per heavy atom. The van der Waals surface area contributed by atoms with Crippen molar-refractivity contribution in [2.75, 3.05) is 97.6 Å². The second kappa shape index (κ2) is 21.7. The van der Waals surface area contributed by atoms with Crippen molar-refractivity contribution in [2.24, 2.45) is 5.73 Å². The van der Waals surface area contributed by atoms with Crippen LogP contribution in [0.3, 0.4) is 0 Å². The number of rotatable bonds is 24. The lowest BCUT2D eigenvalue weighted by Crippen LogP contribution is -2.41. The van der Waals surface area contributed by atoms with Gasteiger partial charge in [-0.1, -0.05) is 0 Å². The highest BCUT2D eigenvalue weighted by atomic mass is 32.2. The maximum atomic E-state index is 14.0. The van der Waals surface area contributed by atoms with Gasteiger partial charge in [-0.25, -0.2) is 28.2 Å². The number of thiazole rings is 1. The van der Waals surface area contributed by atoms with Crippen LogP contribution in [0.15, 0.2) is 47.1 Å². The molecule has 0 radical (unpaired) electrons. The SMILES string of the molecule is CC(C)(C)OC(=O)N(CCOCCOCCOCCOCCOCCN)CCOc1cc2ncnc(Nc3ccc4scnc4c3)c2cc1S(=O)(=O)C(C)(C)C. The Hall–Kier alpha value is -3.75. The molecule has 1 amide bonds. The number of benzene rings is 2. The summed E-state index contributed by atoms with van der Waals surface area (Å²) in [6.07, 6.45) is 0.850. The zero-order valence-electron chi connectivity index (χ0n) is 33.2. The lowest BCUT2D eigenvalue weighted by molar-refractivity contribution is -0.0137. The number of nitrogens with zero attached hydrogens (tertiary/aromatic N) is 4. The van der Waals surface area contributed by atoms with Crippen LogP contribution in [0.4, 0.5) is 16.3 Å². The van der Waals surface area contributed by atoms with Gasteiger partial charge < -0.3 is 49.1 Å². The third kappa shape index (κ3) is 14.0. The quantitative estimate of drug-likeness (QED) is 0.0874. The summed E-state index contributed by atoms with van der Waals surface area (Å²) >= 11 is 1.54. The molecule has 2 aromatic carbocycles. The van der Waals surface area contributed by atoms with E-state index in [-0.39, 0.29) is 36.9 Å². The number of anilines is 2. The normalized spacial score (nSPS) is 12.3. The molecule has 4 aromatic rings. The highest BCUT2D eigenvalue weighted by Crippen LogP contribution is 2.37. The van der Waals surface area contributed by atoms with Crippen LogP contribution in [-0.2, 0) is 38.3 Å². The van der Waals surface area contributed by atoms with E-state index in [1.165, 1.54) is 11.2 Å². The molecule has 0 bridgehead atoms. The number of carbonyl (C=O) groups is 1. The van der Waals surface area contributed by atoms with E-state index in [2.05, 4.69) is 20.3 Å². The molecule has 0 spiro atoms. The van der Waals surface area contributed by atoms with Gasteiger partial charge in [-0.2, -0.15) is 0 Å². The molecule has 16 nitrogen and oxygen atoms in total. The number of fused-ring (bicyclic) bond motifs is 2. The van der Waals surface area contributed by atoms with Crippen LogP contribution >= 0.6 is 11.3 Å². The van der Waals surface area contributed by atoms with Gasteiger partial charge in [0.2, 0.25) is 0 Å². The predicted octanol–water partition coefficient (Wildman–Crippen LogP) is 5.21. The minimum Gasteiger partial charge on any atom is -0.490 e.